The molecule has 1 N–H and O–H groups in total. The molecule has 0 bridgehead atoms. The highest BCUT2D eigenvalue weighted by atomic mass is 16.4. The van der Waals surface area contributed by atoms with Crippen LogP contribution in [0.4, 0.5) is 0 Å². The quantitative estimate of drug-likeness (QED) is 0.891. The Bertz CT molecular complexity index is 456. The molecule has 0 amide bonds. The second-order valence-corrected chi connectivity index (χ2v) is 5.26. The molecule has 2 atom stereocenters. The Morgan fingerprint density at radius 2 is 2.11 bits per heavy atom. The van der Waals surface area contributed by atoms with E-state index in [2.05, 4.69) is 43.9 Å². The number of hydrogen-bond acceptors (Lipinski definition) is 2. The van der Waals surface area contributed by atoms with Gasteiger partial charge in [-0.25, -0.2) is 0 Å². The molecule has 1 saturated heterocycles. The van der Waals surface area contributed by atoms with E-state index in [9.17, 15) is 9.90 Å². The summed E-state index contributed by atoms with van der Waals surface area (Å²) in [7, 11) is 0. The smallest absolute Gasteiger partial charge is 0.308 e. The summed E-state index contributed by atoms with van der Waals surface area (Å²) in [6.45, 7) is 8.67. The molecule has 0 aliphatic carbocycles. The van der Waals surface area contributed by atoms with Crippen LogP contribution in [0.3, 0.4) is 0 Å². The highest BCUT2D eigenvalue weighted by molar-refractivity contribution is 5.72. The number of likely N-dealkylation sites (tertiary alicyclic amines) is 1. The lowest BCUT2D eigenvalue weighted by molar-refractivity contribution is -0.141. The van der Waals surface area contributed by atoms with Gasteiger partial charge in [0.05, 0.1) is 5.92 Å². The molecular formula is C15H21NO2. The Labute approximate surface area is 108 Å². The summed E-state index contributed by atoms with van der Waals surface area (Å²) in [6.07, 6.45) is 0. The van der Waals surface area contributed by atoms with E-state index in [1.165, 1.54) is 16.7 Å². The molecule has 0 saturated carbocycles. The second kappa shape index (κ2) is 5.11. The first-order valence-electron chi connectivity index (χ1n) is 6.55. The van der Waals surface area contributed by atoms with Gasteiger partial charge in [-0.1, -0.05) is 30.7 Å². The predicted molar refractivity (Wildman–Crippen MR) is 71.9 cm³/mol. The summed E-state index contributed by atoms with van der Waals surface area (Å²) in [5.74, 6) is -0.815. The molecule has 1 aromatic rings. The molecule has 0 radical (unpaired) electrons. The van der Waals surface area contributed by atoms with Crippen molar-refractivity contribution >= 4 is 5.97 Å². The highest BCUT2D eigenvalue weighted by Crippen LogP contribution is 2.34. The van der Waals surface area contributed by atoms with E-state index in [1.807, 2.05) is 0 Å². The van der Waals surface area contributed by atoms with E-state index in [0.29, 0.717) is 6.54 Å². The maximum Gasteiger partial charge on any atom is 0.308 e. The highest BCUT2D eigenvalue weighted by Gasteiger charge is 2.38. The fourth-order valence-electron chi connectivity index (χ4n) is 2.87. The Hall–Kier alpha value is -1.35. The molecule has 1 aliphatic rings. The number of hydrogen-bond donors (Lipinski definition) is 1. The van der Waals surface area contributed by atoms with Crippen LogP contribution in [0.25, 0.3) is 0 Å². The number of likely N-dealkylation sites (N-methyl/N-ethyl adjacent to an activating group) is 1. The third kappa shape index (κ3) is 2.41. The van der Waals surface area contributed by atoms with E-state index >= 15 is 0 Å². The summed E-state index contributed by atoms with van der Waals surface area (Å²) in [6, 6.07) is 6.33. The molecule has 18 heavy (non-hydrogen) atoms. The molecular weight excluding hydrogens is 226 g/mol. The first-order chi connectivity index (χ1) is 8.52. The van der Waals surface area contributed by atoms with Crippen molar-refractivity contribution in [2.75, 3.05) is 19.6 Å². The monoisotopic (exact) mass is 247 g/mol. The zero-order valence-corrected chi connectivity index (χ0v) is 11.3. The molecule has 3 nitrogen and oxygen atoms in total. The molecule has 0 aromatic heterocycles. The molecule has 2 rings (SSSR count). The number of aryl methyl sites for hydroxylation is 2. The van der Waals surface area contributed by atoms with Crippen molar-refractivity contribution in [3.05, 3.63) is 34.9 Å². The van der Waals surface area contributed by atoms with Crippen LogP contribution >= 0.6 is 0 Å². The van der Waals surface area contributed by atoms with Gasteiger partial charge in [0.1, 0.15) is 0 Å². The van der Waals surface area contributed by atoms with Gasteiger partial charge < -0.3 is 10.0 Å². The minimum absolute atomic E-state index is 0.127. The predicted octanol–water partition coefficient (Wildman–Crippen LogP) is 2.42. The second-order valence-electron chi connectivity index (χ2n) is 5.26. The maximum absolute atomic E-state index is 11.4. The van der Waals surface area contributed by atoms with Gasteiger partial charge in [-0.05, 0) is 31.5 Å². The van der Waals surface area contributed by atoms with E-state index in [4.69, 9.17) is 0 Å². The van der Waals surface area contributed by atoms with Gasteiger partial charge in [-0.15, -0.1) is 0 Å². The van der Waals surface area contributed by atoms with Crippen molar-refractivity contribution in [1.29, 1.82) is 0 Å². The number of benzene rings is 1. The molecule has 98 valence electrons. The summed E-state index contributed by atoms with van der Waals surface area (Å²) in [5.41, 5.74) is 3.61. The molecule has 1 heterocycles. The van der Waals surface area contributed by atoms with Crippen LogP contribution in [0.5, 0.6) is 0 Å². The number of nitrogens with zero attached hydrogens (tertiary/aromatic N) is 1. The van der Waals surface area contributed by atoms with Gasteiger partial charge in [0.15, 0.2) is 0 Å². The summed E-state index contributed by atoms with van der Waals surface area (Å²) < 4.78 is 0. The number of carboxylic acids is 1. The maximum atomic E-state index is 11.4. The third-order valence-electron chi connectivity index (χ3n) is 3.99. The summed E-state index contributed by atoms with van der Waals surface area (Å²) in [4.78, 5) is 13.6. The van der Waals surface area contributed by atoms with E-state index in [-0.39, 0.29) is 11.8 Å². The van der Waals surface area contributed by atoms with Gasteiger partial charge in [-0.3, -0.25) is 4.79 Å². The van der Waals surface area contributed by atoms with Crippen molar-refractivity contribution in [3.63, 3.8) is 0 Å². The van der Waals surface area contributed by atoms with Crippen LogP contribution in [-0.4, -0.2) is 35.6 Å². The normalized spacial score (nSPS) is 24.4. The van der Waals surface area contributed by atoms with Crippen molar-refractivity contribution in [3.8, 4) is 0 Å². The Morgan fingerprint density at radius 3 is 2.72 bits per heavy atom. The Kier molecular flexibility index (Phi) is 3.71. The van der Waals surface area contributed by atoms with Crippen LogP contribution in [0, 0.1) is 19.8 Å². The molecule has 3 heteroatoms. The lowest BCUT2D eigenvalue weighted by atomic mass is 9.86. The van der Waals surface area contributed by atoms with E-state index < -0.39 is 5.97 Å². The van der Waals surface area contributed by atoms with Crippen LogP contribution in [-0.2, 0) is 4.79 Å². The van der Waals surface area contributed by atoms with Crippen molar-refractivity contribution in [1.82, 2.24) is 4.90 Å². The third-order valence-corrected chi connectivity index (χ3v) is 3.99. The standard InChI is InChI=1S/C15H21NO2/c1-4-16-8-13(14(9-16)15(17)18)12-7-10(2)5-6-11(12)3/h5-7,13-14H,4,8-9H2,1-3H3,(H,17,18). The average Bonchev–Trinajstić information content (AvgIpc) is 2.76. The van der Waals surface area contributed by atoms with E-state index in [0.717, 1.165) is 13.1 Å². The van der Waals surface area contributed by atoms with Gasteiger partial charge in [0, 0.05) is 19.0 Å². The van der Waals surface area contributed by atoms with Gasteiger partial charge in [0.25, 0.3) is 0 Å². The Balaban J connectivity index is 2.35. The van der Waals surface area contributed by atoms with Gasteiger partial charge >= 0.3 is 5.97 Å². The summed E-state index contributed by atoms with van der Waals surface area (Å²) in [5, 5.41) is 9.39. The number of carboxylic acid groups (broad SMARTS) is 1. The van der Waals surface area contributed by atoms with Crippen molar-refractivity contribution in [2.24, 2.45) is 5.92 Å². The van der Waals surface area contributed by atoms with E-state index in [1.54, 1.807) is 0 Å². The van der Waals surface area contributed by atoms with Crippen LogP contribution in [0.15, 0.2) is 18.2 Å². The first-order valence-corrected chi connectivity index (χ1v) is 6.55. The minimum Gasteiger partial charge on any atom is -0.481 e. The van der Waals surface area contributed by atoms with Gasteiger partial charge in [0.2, 0.25) is 0 Å². The number of carbonyl (C=O) groups is 1. The summed E-state index contributed by atoms with van der Waals surface area (Å²) >= 11 is 0. The average molecular weight is 247 g/mol. The van der Waals surface area contributed by atoms with Gasteiger partial charge in [-0.2, -0.15) is 0 Å². The van der Waals surface area contributed by atoms with Crippen molar-refractivity contribution < 1.29 is 9.90 Å². The molecule has 1 aromatic carbocycles. The van der Waals surface area contributed by atoms with Crippen LogP contribution < -0.4 is 0 Å². The Morgan fingerprint density at radius 1 is 1.39 bits per heavy atom. The zero-order chi connectivity index (χ0) is 13.3. The minimum atomic E-state index is -0.670. The fourth-order valence-corrected chi connectivity index (χ4v) is 2.87. The topological polar surface area (TPSA) is 40.5 Å². The molecule has 0 spiro atoms. The molecule has 1 aliphatic heterocycles. The van der Waals surface area contributed by atoms with Crippen LogP contribution in [0.2, 0.25) is 0 Å². The lowest BCUT2D eigenvalue weighted by Gasteiger charge is -2.18. The van der Waals surface area contributed by atoms with Crippen LogP contribution in [0.1, 0.15) is 29.5 Å². The SMILES string of the molecule is CCN1CC(C(=O)O)C(c2cc(C)ccc2C)C1. The first kappa shape index (κ1) is 13.1. The number of rotatable bonds is 3. The largest absolute Gasteiger partial charge is 0.481 e. The lowest BCUT2D eigenvalue weighted by Crippen LogP contribution is -2.23. The van der Waals surface area contributed by atoms with Crippen molar-refractivity contribution in [2.45, 2.75) is 26.7 Å². The fraction of sp³-hybridized carbons (Fsp3) is 0.533. The molecule has 2 unspecified atom stereocenters. The zero-order valence-electron chi connectivity index (χ0n) is 11.3. The number of aliphatic carboxylic acids is 1. The molecule has 1 fully saturated rings.